The average molecular weight is 273 g/mol. The van der Waals surface area contributed by atoms with E-state index in [1.54, 1.807) is 6.07 Å². The summed E-state index contributed by atoms with van der Waals surface area (Å²) in [5.74, 6) is -1.75. The lowest BCUT2D eigenvalue weighted by Crippen LogP contribution is -2.24. The first-order valence-electron chi connectivity index (χ1n) is 5.38. The van der Waals surface area contributed by atoms with Crippen LogP contribution in [-0.4, -0.2) is 16.9 Å². The van der Waals surface area contributed by atoms with Crippen LogP contribution in [0, 0.1) is 0 Å². The lowest BCUT2D eigenvalue weighted by molar-refractivity contribution is -0.170. The molecular formula is C12H10F3NOS. The van der Waals surface area contributed by atoms with Crippen molar-refractivity contribution >= 4 is 27.3 Å². The topological polar surface area (TPSA) is 30.0 Å². The molecule has 0 saturated heterocycles. The molecule has 96 valence electrons. The smallest absolute Gasteiger partial charge is 0.289 e. The number of thiazole rings is 1. The van der Waals surface area contributed by atoms with Gasteiger partial charge in [0.1, 0.15) is 5.01 Å². The minimum absolute atomic E-state index is 0.209. The molecule has 0 aliphatic heterocycles. The number of hydrogen-bond acceptors (Lipinski definition) is 3. The summed E-state index contributed by atoms with van der Waals surface area (Å²) in [5.41, 5.74) is 1.74. The number of aromatic nitrogens is 1. The number of halogens is 3. The van der Waals surface area contributed by atoms with Crippen molar-refractivity contribution in [1.29, 1.82) is 0 Å². The second-order valence-corrected chi connectivity index (χ2v) is 4.98. The van der Waals surface area contributed by atoms with Crippen molar-refractivity contribution in [2.24, 2.45) is 0 Å². The molecule has 0 unspecified atom stereocenters. The van der Waals surface area contributed by atoms with E-state index in [4.69, 9.17) is 0 Å². The zero-order chi connectivity index (χ0) is 13.3. The Balaban J connectivity index is 2.28. The standard InChI is InChI=1S/C12H10F3NOS/c1-2-7-3-4-8-9(5-7)18-11(16-8)6-10(17)12(13,14)15/h3-5H,2,6H2,1H3. The highest BCUT2D eigenvalue weighted by atomic mass is 32.1. The van der Waals surface area contributed by atoms with Crippen LogP contribution in [-0.2, 0) is 17.6 Å². The average Bonchev–Trinajstić information content (AvgIpc) is 2.68. The summed E-state index contributed by atoms with van der Waals surface area (Å²) in [5, 5.41) is 0.209. The van der Waals surface area contributed by atoms with Gasteiger partial charge >= 0.3 is 6.18 Å². The Labute approximate surface area is 105 Å². The van der Waals surface area contributed by atoms with Gasteiger partial charge in [-0.1, -0.05) is 13.0 Å². The number of aryl methyl sites for hydroxylation is 1. The molecule has 0 spiro atoms. The summed E-state index contributed by atoms with van der Waals surface area (Å²) in [6.07, 6.45) is -4.61. The molecule has 1 heterocycles. The van der Waals surface area contributed by atoms with Gasteiger partial charge in [-0.15, -0.1) is 11.3 Å². The minimum Gasteiger partial charge on any atom is -0.289 e. The fourth-order valence-electron chi connectivity index (χ4n) is 1.55. The molecule has 0 N–H and O–H groups in total. The summed E-state index contributed by atoms with van der Waals surface area (Å²) in [4.78, 5) is 14.9. The van der Waals surface area contributed by atoms with Gasteiger partial charge in [-0.25, -0.2) is 4.98 Å². The number of alkyl halides is 3. The summed E-state index contributed by atoms with van der Waals surface area (Å²) in [7, 11) is 0. The van der Waals surface area contributed by atoms with E-state index >= 15 is 0 Å². The number of carbonyl (C=O) groups is 1. The Kier molecular flexibility index (Phi) is 3.38. The van der Waals surface area contributed by atoms with Gasteiger partial charge in [0.15, 0.2) is 0 Å². The first-order chi connectivity index (χ1) is 8.40. The van der Waals surface area contributed by atoms with Crippen LogP contribution in [0.5, 0.6) is 0 Å². The molecule has 2 nitrogen and oxygen atoms in total. The minimum atomic E-state index is -4.79. The maximum Gasteiger partial charge on any atom is 0.450 e. The zero-order valence-corrected chi connectivity index (χ0v) is 10.4. The Bertz CT molecular complexity index is 589. The number of rotatable bonds is 3. The quantitative estimate of drug-likeness (QED) is 0.856. The van der Waals surface area contributed by atoms with E-state index in [0.717, 1.165) is 28.0 Å². The van der Waals surface area contributed by atoms with Crippen molar-refractivity contribution < 1.29 is 18.0 Å². The third kappa shape index (κ3) is 2.69. The number of ketones is 1. The fraction of sp³-hybridized carbons (Fsp3) is 0.333. The van der Waals surface area contributed by atoms with Crippen LogP contribution in [0.2, 0.25) is 0 Å². The Morgan fingerprint density at radius 2 is 2.11 bits per heavy atom. The van der Waals surface area contributed by atoms with E-state index in [9.17, 15) is 18.0 Å². The largest absolute Gasteiger partial charge is 0.450 e. The highest BCUT2D eigenvalue weighted by molar-refractivity contribution is 7.18. The molecule has 0 fully saturated rings. The van der Waals surface area contributed by atoms with Crippen molar-refractivity contribution in [3.05, 3.63) is 28.8 Å². The second-order valence-electron chi connectivity index (χ2n) is 3.86. The Morgan fingerprint density at radius 3 is 2.72 bits per heavy atom. The fourth-order valence-corrected chi connectivity index (χ4v) is 2.58. The molecule has 0 saturated carbocycles. The molecule has 0 atom stereocenters. The van der Waals surface area contributed by atoms with Crippen LogP contribution in [0.15, 0.2) is 18.2 Å². The number of nitrogens with zero attached hydrogens (tertiary/aromatic N) is 1. The van der Waals surface area contributed by atoms with Crippen LogP contribution in [0.25, 0.3) is 10.2 Å². The first-order valence-corrected chi connectivity index (χ1v) is 6.20. The third-order valence-electron chi connectivity index (χ3n) is 2.53. The third-order valence-corrected chi connectivity index (χ3v) is 3.55. The summed E-state index contributed by atoms with van der Waals surface area (Å²) >= 11 is 1.14. The van der Waals surface area contributed by atoms with Crippen molar-refractivity contribution in [3.8, 4) is 0 Å². The van der Waals surface area contributed by atoms with Crippen LogP contribution in [0.1, 0.15) is 17.5 Å². The van der Waals surface area contributed by atoms with E-state index in [0.29, 0.717) is 5.52 Å². The predicted octanol–water partition coefficient (Wildman–Crippen LogP) is 3.53. The summed E-state index contributed by atoms with van der Waals surface area (Å²) < 4.78 is 37.2. The number of carbonyl (C=O) groups excluding carboxylic acids is 1. The summed E-state index contributed by atoms with van der Waals surface area (Å²) in [6.45, 7) is 2.00. The van der Waals surface area contributed by atoms with Gasteiger partial charge in [0, 0.05) is 0 Å². The molecule has 6 heteroatoms. The monoisotopic (exact) mass is 273 g/mol. The molecule has 1 aromatic carbocycles. The molecule has 0 bridgehead atoms. The predicted molar refractivity (Wildman–Crippen MR) is 63.8 cm³/mol. The number of benzene rings is 1. The molecule has 0 aliphatic carbocycles. The molecule has 0 aliphatic rings. The van der Waals surface area contributed by atoms with Gasteiger partial charge in [0.25, 0.3) is 0 Å². The maximum atomic E-state index is 12.1. The highest BCUT2D eigenvalue weighted by Gasteiger charge is 2.38. The van der Waals surface area contributed by atoms with Gasteiger partial charge in [-0.2, -0.15) is 13.2 Å². The van der Waals surface area contributed by atoms with Crippen molar-refractivity contribution in [2.45, 2.75) is 25.9 Å². The van der Waals surface area contributed by atoms with E-state index in [1.807, 2.05) is 19.1 Å². The Hall–Kier alpha value is -1.43. The molecule has 2 rings (SSSR count). The normalized spacial score (nSPS) is 12.0. The lowest BCUT2D eigenvalue weighted by Gasteiger charge is -2.01. The van der Waals surface area contributed by atoms with Crippen LogP contribution in [0.4, 0.5) is 13.2 Å². The van der Waals surface area contributed by atoms with Crippen molar-refractivity contribution in [3.63, 3.8) is 0 Å². The van der Waals surface area contributed by atoms with Crippen LogP contribution in [0.3, 0.4) is 0 Å². The number of hydrogen-bond donors (Lipinski definition) is 0. The highest BCUT2D eigenvalue weighted by Crippen LogP contribution is 2.26. The van der Waals surface area contributed by atoms with Gasteiger partial charge in [-0.05, 0) is 24.1 Å². The molecule has 1 aromatic heterocycles. The van der Waals surface area contributed by atoms with Gasteiger partial charge < -0.3 is 0 Å². The Morgan fingerprint density at radius 1 is 1.39 bits per heavy atom. The van der Waals surface area contributed by atoms with Crippen molar-refractivity contribution in [1.82, 2.24) is 4.98 Å². The van der Waals surface area contributed by atoms with E-state index in [1.165, 1.54) is 0 Å². The van der Waals surface area contributed by atoms with Crippen molar-refractivity contribution in [2.75, 3.05) is 0 Å². The van der Waals surface area contributed by atoms with Gasteiger partial charge in [0.2, 0.25) is 5.78 Å². The molecule has 2 aromatic rings. The summed E-state index contributed by atoms with van der Waals surface area (Å²) in [6, 6.07) is 5.55. The van der Waals surface area contributed by atoms with Crippen LogP contribution < -0.4 is 0 Å². The molecule has 0 amide bonds. The lowest BCUT2D eigenvalue weighted by atomic mass is 10.2. The molecule has 0 radical (unpaired) electrons. The van der Waals surface area contributed by atoms with E-state index in [2.05, 4.69) is 4.98 Å². The first kappa shape index (κ1) is 13.0. The second kappa shape index (κ2) is 4.68. The van der Waals surface area contributed by atoms with Gasteiger partial charge in [0.05, 0.1) is 16.6 Å². The van der Waals surface area contributed by atoms with E-state index in [-0.39, 0.29) is 5.01 Å². The zero-order valence-electron chi connectivity index (χ0n) is 9.54. The molecular weight excluding hydrogens is 263 g/mol. The van der Waals surface area contributed by atoms with Crippen LogP contribution >= 0.6 is 11.3 Å². The molecule has 18 heavy (non-hydrogen) atoms. The maximum absolute atomic E-state index is 12.1. The van der Waals surface area contributed by atoms with E-state index < -0.39 is 18.4 Å². The SMILES string of the molecule is CCc1ccc2nc(CC(=O)C(F)(F)F)sc2c1. The number of fused-ring (bicyclic) bond motifs is 1. The van der Waals surface area contributed by atoms with Gasteiger partial charge in [-0.3, -0.25) is 4.79 Å². The number of Topliss-reactive ketones (excluding diaryl/α,β-unsaturated/α-hetero) is 1.